The third-order valence-corrected chi connectivity index (χ3v) is 4.39. The molecule has 1 aromatic carbocycles. The Bertz CT molecular complexity index is 509. The van der Waals surface area contributed by atoms with Crippen molar-refractivity contribution >= 4 is 28.6 Å². The Morgan fingerprint density at radius 3 is 2.19 bits per heavy atom. The number of rotatable bonds is 5. The van der Waals surface area contributed by atoms with Crippen LogP contribution in [0.5, 0.6) is 0 Å². The number of hydrogen-bond acceptors (Lipinski definition) is 3. The minimum absolute atomic E-state index is 0.239. The predicted molar refractivity (Wildman–Crippen MR) is 86.5 cm³/mol. The first-order chi connectivity index (χ1) is 9.61. The molecule has 0 spiro atoms. The maximum atomic E-state index is 12.3. The Morgan fingerprint density at radius 1 is 1.24 bits per heavy atom. The van der Waals surface area contributed by atoms with Crippen LogP contribution in [0.4, 0.5) is 0 Å². The van der Waals surface area contributed by atoms with Crippen molar-refractivity contribution in [3.63, 3.8) is 0 Å². The summed E-state index contributed by atoms with van der Waals surface area (Å²) in [6.45, 7) is 9.06. The van der Waals surface area contributed by atoms with E-state index in [1.165, 1.54) is 0 Å². The molecule has 118 valence electrons. The number of halogens is 1. The predicted octanol–water partition coefficient (Wildman–Crippen LogP) is 3.38. The van der Waals surface area contributed by atoms with Gasteiger partial charge in [-0.25, -0.2) is 13.7 Å². The molecule has 0 fully saturated rings. The molecule has 0 saturated carbocycles. The van der Waals surface area contributed by atoms with Crippen molar-refractivity contribution in [3.8, 4) is 0 Å². The summed E-state index contributed by atoms with van der Waals surface area (Å²) in [5.41, 5.74) is 0.669. The van der Waals surface area contributed by atoms with Crippen LogP contribution in [-0.2, 0) is 20.5 Å². The van der Waals surface area contributed by atoms with Gasteiger partial charge in [0.1, 0.15) is 6.04 Å². The SMILES string of the molecule is CC(C)OC(=O)[C@H](NS(=O)C(C)(C)C)c1ccc(Cl)cc1. The monoisotopic (exact) mass is 331 g/mol. The summed E-state index contributed by atoms with van der Waals surface area (Å²) in [6.07, 6.45) is -0.239. The summed E-state index contributed by atoms with van der Waals surface area (Å²) in [7, 11) is -1.39. The highest BCUT2D eigenvalue weighted by atomic mass is 35.5. The zero-order chi connectivity index (χ0) is 16.2. The number of hydrogen-bond donors (Lipinski definition) is 1. The standard InChI is InChI=1S/C15H22ClNO3S/c1-10(2)20-14(18)13(17-21(19)15(3,4)5)11-6-8-12(16)9-7-11/h6-10,13,17H,1-5H3/t13-,21?/m1/s1. The van der Waals surface area contributed by atoms with E-state index in [-0.39, 0.29) is 6.10 Å². The molecule has 1 aromatic rings. The lowest BCUT2D eigenvalue weighted by Gasteiger charge is -2.24. The molecule has 0 amide bonds. The zero-order valence-electron chi connectivity index (χ0n) is 13.0. The molecule has 21 heavy (non-hydrogen) atoms. The fourth-order valence-corrected chi connectivity index (χ4v) is 2.42. The molecule has 1 N–H and O–H groups in total. The van der Waals surface area contributed by atoms with Crippen molar-refractivity contribution in [1.29, 1.82) is 0 Å². The largest absolute Gasteiger partial charge is 0.462 e. The van der Waals surface area contributed by atoms with Gasteiger partial charge in [-0.3, -0.25) is 0 Å². The summed E-state index contributed by atoms with van der Waals surface area (Å²) in [6, 6.07) is 6.04. The van der Waals surface area contributed by atoms with Crippen molar-refractivity contribution in [2.45, 2.75) is 51.5 Å². The number of carbonyl (C=O) groups is 1. The van der Waals surface area contributed by atoms with Gasteiger partial charge in [-0.05, 0) is 52.3 Å². The lowest BCUT2D eigenvalue weighted by molar-refractivity contribution is -0.149. The number of carbonyl (C=O) groups excluding carboxylic acids is 1. The minimum Gasteiger partial charge on any atom is -0.462 e. The van der Waals surface area contributed by atoms with E-state index in [9.17, 15) is 9.00 Å². The first-order valence-corrected chi connectivity index (χ1v) is 8.28. The summed E-state index contributed by atoms with van der Waals surface area (Å²) < 4.78 is 19.9. The number of esters is 1. The Morgan fingerprint density at radius 2 is 1.76 bits per heavy atom. The molecule has 2 atom stereocenters. The van der Waals surface area contributed by atoms with Gasteiger partial charge in [-0.1, -0.05) is 23.7 Å². The van der Waals surface area contributed by atoms with Crippen LogP contribution < -0.4 is 4.72 Å². The third-order valence-electron chi connectivity index (χ3n) is 2.57. The van der Waals surface area contributed by atoms with E-state index < -0.39 is 27.7 Å². The van der Waals surface area contributed by atoms with Crippen LogP contribution in [-0.4, -0.2) is 21.0 Å². The topological polar surface area (TPSA) is 55.4 Å². The van der Waals surface area contributed by atoms with E-state index in [1.54, 1.807) is 38.1 Å². The van der Waals surface area contributed by atoms with Gasteiger partial charge in [0.2, 0.25) is 0 Å². The summed E-state index contributed by atoms with van der Waals surface area (Å²) in [4.78, 5) is 12.2. The fourth-order valence-electron chi connectivity index (χ4n) is 1.49. The summed E-state index contributed by atoms with van der Waals surface area (Å²) >= 11 is 5.86. The summed E-state index contributed by atoms with van der Waals surface area (Å²) in [5, 5.41) is 0.576. The van der Waals surface area contributed by atoms with E-state index in [4.69, 9.17) is 16.3 Å². The second kappa shape index (κ2) is 7.38. The molecule has 0 bridgehead atoms. The molecule has 4 nitrogen and oxygen atoms in total. The van der Waals surface area contributed by atoms with Gasteiger partial charge in [0.25, 0.3) is 0 Å². The van der Waals surface area contributed by atoms with Crippen molar-refractivity contribution < 1.29 is 13.7 Å². The smallest absolute Gasteiger partial charge is 0.328 e. The molecule has 0 radical (unpaired) electrons. The highest BCUT2D eigenvalue weighted by molar-refractivity contribution is 7.84. The normalized spacial score (nSPS) is 14.8. The van der Waals surface area contributed by atoms with Crippen molar-refractivity contribution in [2.75, 3.05) is 0 Å². The van der Waals surface area contributed by atoms with Gasteiger partial charge >= 0.3 is 5.97 Å². The van der Waals surface area contributed by atoms with Crippen LogP contribution in [0.2, 0.25) is 5.02 Å². The molecule has 0 saturated heterocycles. The van der Waals surface area contributed by atoms with Crippen molar-refractivity contribution in [1.82, 2.24) is 4.72 Å². The molecule has 1 rings (SSSR count). The Kier molecular flexibility index (Phi) is 6.38. The lowest BCUT2D eigenvalue weighted by atomic mass is 10.1. The van der Waals surface area contributed by atoms with Crippen LogP contribution in [0, 0.1) is 0 Å². The van der Waals surface area contributed by atoms with E-state index in [1.807, 2.05) is 20.8 Å². The minimum atomic E-state index is -1.39. The van der Waals surface area contributed by atoms with E-state index in [2.05, 4.69) is 4.72 Å². The van der Waals surface area contributed by atoms with Gasteiger partial charge in [0, 0.05) is 5.02 Å². The zero-order valence-corrected chi connectivity index (χ0v) is 14.5. The molecule has 1 unspecified atom stereocenters. The van der Waals surface area contributed by atoms with Gasteiger partial charge < -0.3 is 4.74 Å². The van der Waals surface area contributed by atoms with Gasteiger partial charge in [0.05, 0.1) is 21.8 Å². The Hall–Kier alpha value is -0.910. The molecular formula is C15H22ClNO3S. The molecular weight excluding hydrogens is 310 g/mol. The van der Waals surface area contributed by atoms with E-state index in [0.717, 1.165) is 0 Å². The third kappa shape index (κ3) is 5.77. The molecule has 6 heteroatoms. The number of ether oxygens (including phenoxy) is 1. The highest BCUT2D eigenvalue weighted by Gasteiger charge is 2.29. The Balaban J connectivity index is 3.02. The van der Waals surface area contributed by atoms with Gasteiger partial charge in [0.15, 0.2) is 0 Å². The lowest BCUT2D eigenvalue weighted by Crippen LogP contribution is -2.39. The van der Waals surface area contributed by atoms with Gasteiger partial charge in [-0.2, -0.15) is 0 Å². The number of nitrogens with one attached hydrogen (secondary N) is 1. The first-order valence-electron chi connectivity index (χ1n) is 6.75. The van der Waals surface area contributed by atoms with Crippen LogP contribution in [0.3, 0.4) is 0 Å². The van der Waals surface area contributed by atoms with Gasteiger partial charge in [-0.15, -0.1) is 0 Å². The first kappa shape index (κ1) is 18.1. The second-order valence-electron chi connectivity index (χ2n) is 5.97. The molecule has 0 heterocycles. The fraction of sp³-hybridized carbons (Fsp3) is 0.533. The van der Waals surface area contributed by atoms with Crippen LogP contribution >= 0.6 is 11.6 Å². The summed E-state index contributed by atoms with van der Waals surface area (Å²) in [5.74, 6) is -0.454. The maximum absolute atomic E-state index is 12.3. The molecule has 0 aliphatic heterocycles. The van der Waals surface area contributed by atoms with Crippen LogP contribution in [0.1, 0.15) is 46.2 Å². The van der Waals surface area contributed by atoms with Crippen molar-refractivity contribution in [3.05, 3.63) is 34.9 Å². The van der Waals surface area contributed by atoms with E-state index in [0.29, 0.717) is 10.6 Å². The Labute approximate surface area is 133 Å². The highest BCUT2D eigenvalue weighted by Crippen LogP contribution is 2.21. The quantitative estimate of drug-likeness (QED) is 0.841. The maximum Gasteiger partial charge on any atom is 0.328 e. The number of benzene rings is 1. The average molecular weight is 332 g/mol. The van der Waals surface area contributed by atoms with E-state index >= 15 is 0 Å². The van der Waals surface area contributed by atoms with Crippen LogP contribution in [0.15, 0.2) is 24.3 Å². The van der Waals surface area contributed by atoms with Crippen molar-refractivity contribution in [2.24, 2.45) is 0 Å². The second-order valence-corrected chi connectivity index (χ2v) is 8.40. The molecule has 0 aliphatic carbocycles. The van der Waals surface area contributed by atoms with Crippen LogP contribution in [0.25, 0.3) is 0 Å². The average Bonchev–Trinajstić information content (AvgIpc) is 2.34. The molecule has 0 aliphatic rings. The molecule has 0 aromatic heterocycles.